The van der Waals surface area contributed by atoms with Gasteiger partial charge in [0.25, 0.3) is 0 Å². The van der Waals surface area contributed by atoms with E-state index in [1.54, 1.807) is 0 Å². The SMILES string of the molecule is Cl.Cl.S=Pc1ccccc1. The van der Waals surface area contributed by atoms with Gasteiger partial charge in [0.05, 0.1) is 0 Å². The van der Waals surface area contributed by atoms with Gasteiger partial charge < -0.3 is 0 Å². The van der Waals surface area contributed by atoms with Crippen molar-refractivity contribution in [3.63, 3.8) is 0 Å². The van der Waals surface area contributed by atoms with Crippen LogP contribution in [0.1, 0.15) is 0 Å². The highest BCUT2D eigenvalue weighted by Crippen LogP contribution is 1.92. The van der Waals surface area contributed by atoms with Gasteiger partial charge in [0.1, 0.15) is 0 Å². The van der Waals surface area contributed by atoms with Crippen molar-refractivity contribution in [1.29, 1.82) is 0 Å². The Morgan fingerprint density at radius 3 is 1.80 bits per heavy atom. The lowest BCUT2D eigenvalue weighted by atomic mass is 10.4. The molecule has 0 spiro atoms. The largest absolute Gasteiger partial charge is 0.147 e. The van der Waals surface area contributed by atoms with Crippen LogP contribution < -0.4 is 5.30 Å². The summed E-state index contributed by atoms with van der Waals surface area (Å²) in [6.07, 6.45) is 0. The van der Waals surface area contributed by atoms with Crippen molar-refractivity contribution in [1.82, 2.24) is 0 Å². The Morgan fingerprint density at radius 2 is 1.50 bits per heavy atom. The second-order valence-electron chi connectivity index (χ2n) is 1.43. The third kappa shape index (κ3) is 4.19. The maximum absolute atomic E-state index is 4.79. The van der Waals surface area contributed by atoms with E-state index in [1.807, 2.05) is 30.3 Å². The van der Waals surface area contributed by atoms with E-state index in [9.17, 15) is 0 Å². The fraction of sp³-hybridized carbons (Fsp3) is 0. The van der Waals surface area contributed by atoms with Crippen LogP contribution in [0.3, 0.4) is 0 Å². The van der Waals surface area contributed by atoms with Crippen molar-refractivity contribution in [3.05, 3.63) is 30.3 Å². The summed E-state index contributed by atoms with van der Waals surface area (Å²) in [7, 11) is 0.933. The van der Waals surface area contributed by atoms with Crippen LogP contribution in [0.15, 0.2) is 30.3 Å². The van der Waals surface area contributed by atoms with Gasteiger partial charge in [-0.25, -0.2) is 0 Å². The molecule has 0 saturated carbocycles. The summed E-state index contributed by atoms with van der Waals surface area (Å²) < 4.78 is 0. The van der Waals surface area contributed by atoms with E-state index >= 15 is 0 Å². The number of rotatable bonds is 1. The van der Waals surface area contributed by atoms with Gasteiger partial charge in [-0.2, -0.15) is 0 Å². The molecule has 0 aliphatic heterocycles. The molecule has 1 aromatic rings. The quantitative estimate of drug-likeness (QED) is 0.646. The zero-order valence-electron chi connectivity index (χ0n) is 5.06. The number of hydrogen-bond donors (Lipinski definition) is 0. The Morgan fingerprint density at radius 1 is 1.00 bits per heavy atom. The van der Waals surface area contributed by atoms with E-state index in [2.05, 4.69) is 0 Å². The van der Waals surface area contributed by atoms with Gasteiger partial charge in [-0.05, 0) is 12.1 Å². The first-order chi connectivity index (χ1) is 3.93. The molecule has 4 heteroatoms. The highest BCUT2D eigenvalue weighted by atomic mass is 35.5. The van der Waals surface area contributed by atoms with Crippen LogP contribution in [-0.4, -0.2) is 0 Å². The summed E-state index contributed by atoms with van der Waals surface area (Å²) in [6.45, 7) is 0. The van der Waals surface area contributed by atoms with Gasteiger partial charge in [0.2, 0.25) is 0 Å². The minimum Gasteiger partial charge on any atom is -0.147 e. The van der Waals surface area contributed by atoms with Crippen LogP contribution in [-0.2, 0) is 11.8 Å². The van der Waals surface area contributed by atoms with Crippen LogP contribution in [0.5, 0.6) is 0 Å². The first-order valence-corrected chi connectivity index (χ1v) is 4.22. The smallest absolute Gasteiger partial charge is 0.0127 e. The third-order valence-electron chi connectivity index (χ3n) is 0.862. The summed E-state index contributed by atoms with van der Waals surface area (Å²) in [5, 5.41) is 1.20. The molecule has 0 radical (unpaired) electrons. The predicted octanol–water partition coefficient (Wildman–Crippen LogP) is 2.56. The Balaban J connectivity index is 0. The molecule has 0 heterocycles. The maximum atomic E-state index is 4.79. The average molecular weight is 213 g/mol. The molecule has 0 atom stereocenters. The molecule has 0 aromatic heterocycles. The van der Waals surface area contributed by atoms with Crippen LogP contribution in [0.4, 0.5) is 0 Å². The molecule has 0 bridgehead atoms. The first kappa shape index (κ1) is 12.9. The normalized spacial score (nSPS) is 7.60. The lowest BCUT2D eigenvalue weighted by Crippen LogP contribution is -1.84. The summed E-state index contributed by atoms with van der Waals surface area (Å²) >= 11 is 4.79. The molecule has 0 unspecified atom stereocenters. The van der Waals surface area contributed by atoms with Gasteiger partial charge >= 0.3 is 0 Å². The van der Waals surface area contributed by atoms with Crippen molar-refractivity contribution in [3.8, 4) is 0 Å². The van der Waals surface area contributed by atoms with Gasteiger partial charge in [-0.3, -0.25) is 0 Å². The predicted molar refractivity (Wildman–Crippen MR) is 54.9 cm³/mol. The van der Waals surface area contributed by atoms with Crippen molar-refractivity contribution in [2.75, 3.05) is 0 Å². The Labute approximate surface area is 79.7 Å². The number of halogens is 2. The Kier molecular flexibility index (Phi) is 9.62. The van der Waals surface area contributed by atoms with E-state index in [4.69, 9.17) is 11.8 Å². The van der Waals surface area contributed by atoms with Crippen LogP contribution >= 0.6 is 32.2 Å². The number of benzene rings is 1. The summed E-state index contributed by atoms with van der Waals surface area (Å²) in [4.78, 5) is 0. The Bertz CT molecular complexity index is 178. The molecule has 0 saturated heterocycles. The molecule has 0 amide bonds. The molecule has 1 rings (SSSR count). The van der Waals surface area contributed by atoms with Crippen LogP contribution in [0.25, 0.3) is 0 Å². The van der Waals surface area contributed by atoms with Crippen molar-refractivity contribution < 1.29 is 0 Å². The van der Waals surface area contributed by atoms with Gasteiger partial charge in [0, 0.05) is 12.7 Å². The molecule has 0 aliphatic carbocycles. The van der Waals surface area contributed by atoms with Crippen molar-refractivity contribution in [2.24, 2.45) is 0 Å². The average Bonchev–Trinajstić information content (AvgIpc) is 1.90. The second-order valence-corrected chi connectivity index (χ2v) is 2.67. The zero-order chi connectivity index (χ0) is 5.82. The fourth-order valence-electron chi connectivity index (χ4n) is 0.489. The fourth-order valence-corrected chi connectivity index (χ4v) is 1.15. The monoisotopic (exact) mass is 212 g/mol. The first-order valence-electron chi connectivity index (χ1n) is 2.32. The van der Waals surface area contributed by atoms with E-state index in [0.717, 1.165) is 7.36 Å². The summed E-state index contributed by atoms with van der Waals surface area (Å²) in [5.41, 5.74) is 0. The zero-order valence-corrected chi connectivity index (χ0v) is 8.40. The molecular formula is C6H7Cl2PS. The lowest BCUT2D eigenvalue weighted by Gasteiger charge is -1.82. The molecule has 1 aromatic carbocycles. The van der Waals surface area contributed by atoms with Gasteiger partial charge in [0.15, 0.2) is 0 Å². The summed E-state index contributed by atoms with van der Waals surface area (Å²) in [6, 6.07) is 10.0. The molecule has 0 aliphatic rings. The third-order valence-corrected chi connectivity index (χ3v) is 2.00. The molecule has 0 nitrogen and oxygen atoms in total. The van der Waals surface area contributed by atoms with E-state index < -0.39 is 0 Å². The summed E-state index contributed by atoms with van der Waals surface area (Å²) in [5.74, 6) is 0. The number of hydrogen-bond acceptors (Lipinski definition) is 1. The highest BCUT2D eigenvalue weighted by molar-refractivity contribution is 7.99. The molecule has 0 N–H and O–H groups in total. The molecule has 56 valence electrons. The van der Waals surface area contributed by atoms with Crippen molar-refractivity contribution >= 4 is 49.3 Å². The molecule has 0 fully saturated rings. The maximum Gasteiger partial charge on any atom is 0.0127 e. The Hall–Kier alpha value is 0.320. The minimum absolute atomic E-state index is 0. The van der Waals surface area contributed by atoms with Crippen LogP contribution in [0, 0.1) is 0 Å². The van der Waals surface area contributed by atoms with E-state index in [-0.39, 0.29) is 24.8 Å². The van der Waals surface area contributed by atoms with E-state index in [1.165, 1.54) is 5.30 Å². The lowest BCUT2D eigenvalue weighted by molar-refractivity contribution is 1.78. The van der Waals surface area contributed by atoms with Gasteiger partial charge in [-0.15, -0.1) is 24.8 Å². The highest BCUT2D eigenvalue weighted by Gasteiger charge is 1.78. The second kappa shape index (κ2) is 7.43. The molecular weight excluding hydrogens is 206 g/mol. The van der Waals surface area contributed by atoms with Crippen molar-refractivity contribution in [2.45, 2.75) is 0 Å². The van der Waals surface area contributed by atoms with Gasteiger partial charge in [-0.1, -0.05) is 30.0 Å². The van der Waals surface area contributed by atoms with Crippen LogP contribution in [0.2, 0.25) is 0 Å². The topological polar surface area (TPSA) is 0 Å². The van der Waals surface area contributed by atoms with E-state index in [0.29, 0.717) is 0 Å². The standard InChI is InChI=1S/C6H5PS.2ClH/c8-7-6-4-2-1-3-5-6;;/h1-5H;2*1H. The minimum atomic E-state index is 0. The molecule has 10 heavy (non-hydrogen) atoms.